The number of alkyl halides is 2. The van der Waals surface area contributed by atoms with Gasteiger partial charge in [0.25, 0.3) is 11.5 Å². The highest BCUT2D eigenvalue weighted by Gasteiger charge is 2.18. The molecule has 0 aliphatic heterocycles. The summed E-state index contributed by atoms with van der Waals surface area (Å²) < 4.78 is 29.1. The lowest BCUT2D eigenvalue weighted by molar-refractivity contribution is -0.0498. The van der Waals surface area contributed by atoms with E-state index in [-0.39, 0.29) is 11.4 Å². The SMILES string of the molecule is Cn1ncc(O)c(C(=O)Nc2ccc(OC(F)F)cc2)c1=O. The first-order valence-electron chi connectivity index (χ1n) is 6.00. The molecule has 2 N–H and O–H groups in total. The summed E-state index contributed by atoms with van der Waals surface area (Å²) in [6.07, 6.45) is 0.968. The van der Waals surface area contributed by atoms with Crippen LogP contribution in [0.1, 0.15) is 10.4 Å². The van der Waals surface area contributed by atoms with Gasteiger partial charge in [0.05, 0.1) is 6.20 Å². The molecule has 0 atom stereocenters. The van der Waals surface area contributed by atoms with Crippen LogP contribution in [0, 0.1) is 0 Å². The summed E-state index contributed by atoms with van der Waals surface area (Å²) in [4.78, 5) is 23.8. The molecule has 0 fully saturated rings. The van der Waals surface area contributed by atoms with Crippen molar-refractivity contribution in [3.8, 4) is 11.5 Å². The molecule has 0 bridgehead atoms. The van der Waals surface area contributed by atoms with E-state index in [9.17, 15) is 23.5 Å². The number of aromatic nitrogens is 2. The first-order chi connectivity index (χ1) is 10.4. The van der Waals surface area contributed by atoms with E-state index in [1.807, 2.05) is 0 Å². The van der Waals surface area contributed by atoms with E-state index >= 15 is 0 Å². The number of amides is 1. The molecule has 0 saturated heterocycles. The Morgan fingerprint density at radius 1 is 1.36 bits per heavy atom. The van der Waals surface area contributed by atoms with Crippen LogP contribution >= 0.6 is 0 Å². The van der Waals surface area contributed by atoms with Gasteiger partial charge in [-0.1, -0.05) is 0 Å². The Morgan fingerprint density at radius 3 is 2.59 bits per heavy atom. The Hall–Kier alpha value is -2.97. The number of carbonyl (C=O) groups is 1. The minimum absolute atomic E-state index is 0.0735. The quantitative estimate of drug-likeness (QED) is 0.888. The van der Waals surface area contributed by atoms with Gasteiger partial charge in [0.1, 0.15) is 11.3 Å². The summed E-state index contributed by atoms with van der Waals surface area (Å²) >= 11 is 0. The number of nitrogens with zero attached hydrogens (tertiary/aromatic N) is 2. The summed E-state index contributed by atoms with van der Waals surface area (Å²) in [6.45, 7) is -2.95. The van der Waals surface area contributed by atoms with Crippen molar-refractivity contribution >= 4 is 11.6 Å². The van der Waals surface area contributed by atoms with Crippen molar-refractivity contribution in [2.75, 3.05) is 5.32 Å². The molecule has 7 nitrogen and oxygen atoms in total. The third-order valence-electron chi connectivity index (χ3n) is 2.68. The van der Waals surface area contributed by atoms with Gasteiger partial charge in [-0.05, 0) is 24.3 Å². The van der Waals surface area contributed by atoms with Gasteiger partial charge in [-0.3, -0.25) is 9.59 Å². The molecule has 22 heavy (non-hydrogen) atoms. The van der Waals surface area contributed by atoms with Crippen molar-refractivity contribution in [3.05, 3.63) is 46.4 Å². The van der Waals surface area contributed by atoms with Gasteiger partial charge >= 0.3 is 6.61 Å². The molecular weight excluding hydrogens is 300 g/mol. The number of hydrogen-bond acceptors (Lipinski definition) is 5. The highest BCUT2D eigenvalue weighted by Crippen LogP contribution is 2.19. The maximum Gasteiger partial charge on any atom is 0.387 e. The second-order valence-corrected chi connectivity index (χ2v) is 4.19. The molecule has 116 valence electrons. The number of anilines is 1. The third kappa shape index (κ3) is 3.37. The van der Waals surface area contributed by atoms with Crippen LogP contribution in [-0.2, 0) is 7.05 Å². The predicted molar refractivity (Wildman–Crippen MR) is 72.2 cm³/mol. The van der Waals surface area contributed by atoms with Gasteiger partial charge in [-0.25, -0.2) is 4.68 Å². The van der Waals surface area contributed by atoms with Crippen LogP contribution in [0.25, 0.3) is 0 Å². The Balaban J connectivity index is 2.19. The zero-order chi connectivity index (χ0) is 16.3. The summed E-state index contributed by atoms with van der Waals surface area (Å²) in [7, 11) is 1.33. The minimum atomic E-state index is -2.95. The molecule has 0 saturated carbocycles. The Morgan fingerprint density at radius 2 is 2.00 bits per heavy atom. The summed E-state index contributed by atoms with van der Waals surface area (Å²) in [5.41, 5.74) is -0.995. The molecule has 0 aliphatic rings. The van der Waals surface area contributed by atoms with Gasteiger partial charge in [0.2, 0.25) is 0 Å². The van der Waals surface area contributed by atoms with Crippen molar-refractivity contribution < 1.29 is 23.4 Å². The first-order valence-corrected chi connectivity index (χ1v) is 6.00. The average molecular weight is 311 g/mol. The van der Waals surface area contributed by atoms with Crippen molar-refractivity contribution in [1.82, 2.24) is 9.78 Å². The lowest BCUT2D eigenvalue weighted by atomic mass is 10.2. The second-order valence-electron chi connectivity index (χ2n) is 4.19. The van der Waals surface area contributed by atoms with E-state index in [1.165, 1.54) is 31.3 Å². The molecular formula is C13H11F2N3O4. The Labute approximate surface area is 122 Å². The summed E-state index contributed by atoms with van der Waals surface area (Å²) in [5, 5.41) is 15.5. The molecule has 2 rings (SSSR count). The molecule has 0 aliphatic carbocycles. The Kier molecular flexibility index (Phi) is 4.35. The van der Waals surface area contributed by atoms with Crippen molar-refractivity contribution in [2.24, 2.45) is 7.05 Å². The standard InChI is InChI=1S/C13H11F2N3O4/c1-18-12(21)10(9(19)6-16-18)11(20)17-7-2-4-8(5-3-7)22-13(14)15/h2-6,13,19H,1H3,(H,17,20). The molecule has 0 radical (unpaired) electrons. The van der Waals surface area contributed by atoms with Crippen LogP contribution in [0.2, 0.25) is 0 Å². The first kappa shape index (κ1) is 15.4. The van der Waals surface area contributed by atoms with E-state index < -0.39 is 29.4 Å². The molecule has 0 unspecified atom stereocenters. The number of benzene rings is 1. The molecule has 9 heteroatoms. The van der Waals surface area contributed by atoms with Crippen LogP contribution in [0.3, 0.4) is 0 Å². The molecule has 1 amide bonds. The normalized spacial score (nSPS) is 10.5. The van der Waals surface area contributed by atoms with Crippen molar-refractivity contribution in [1.29, 1.82) is 0 Å². The van der Waals surface area contributed by atoms with Gasteiger partial charge in [-0.2, -0.15) is 13.9 Å². The molecule has 1 heterocycles. The topological polar surface area (TPSA) is 93.4 Å². The zero-order valence-electron chi connectivity index (χ0n) is 11.3. The maximum atomic E-state index is 12.0. The van der Waals surface area contributed by atoms with Gasteiger partial charge in [0, 0.05) is 12.7 Å². The second kappa shape index (κ2) is 6.20. The highest BCUT2D eigenvalue weighted by molar-refractivity contribution is 6.05. The Bertz CT molecular complexity index is 744. The van der Waals surface area contributed by atoms with Crippen LogP contribution in [-0.4, -0.2) is 27.4 Å². The van der Waals surface area contributed by atoms with Crippen LogP contribution in [0.15, 0.2) is 35.3 Å². The average Bonchev–Trinajstić information content (AvgIpc) is 2.45. The smallest absolute Gasteiger partial charge is 0.387 e. The van der Waals surface area contributed by atoms with E-state index in [2.05, 4.69) is 15.2 Å². The van der Waals surface area contributed by atoms with Crippen molar-refractivity contribution in [2.45, 2.75) is 6.61 Å². The monoisotopic (exact) mass is 311 g/mol. The number of carbonyl (C=O) groups excluding carboxylic acids is 1. The number of hydrogen-bond donors (Lipinski definition) is 2. The van der Waals surface area contributed by atoms with Crippen LogP contribution in [0.5, 0.6) is 11.5 Å². The predicted octanol–water partition coefficient (Wildman–Crippen LogP) is 1.34. The molecule has 1 aromatic heterocycles. The van der Waals surface area contributed by atoms with Gasteiger partial charge < -0.3 is 15.2 Å². The minimum Gasteiger partial charge on any atom is -0.505 e. The lowest BCUT2D eigenvalue weighted by Gasteiger charge is -2.08. The highest BCUT2D eigenvalue weighted by atomic mass is 19.3. The lowest BCUT2D eigenvalue weighted by Crippen LogP contribution is -2.29. The fourth-order valence-electron chi connectivity index (χ4n) is 1.66. The van der Waals surface area contributed by atoms with Crippen molar-refractivity contribution in [3.63, 3.8) is 0 Å². The van der Waals surface area contributed by atoms with E-state index in [4.69, 9.17) is 0 Å². The van der Waals surface area contributed by atoms with E-state index in [0.29, 0.717) is 0 Å². The fourth-order valence-corrected chi connectivity index (χ4v) is 1.66. The van der Waals surface area contributed by atoms with Gasteiger partial charge in [-0.15, -0.1) is 0 Å². The molecule has 2 aromatic rings. The van der Waals surface area contributed by atoms with Crippen LogP contribution < -0.4 is 15.6 Å². The van der Waals surface area contributed by atoms with E-state index in [1.54, 1.807) is 0 Å². The molecule has 1 aromatic carbocycles. The number of nitrogens with one attached hydrogen (secondary N) is 1. The maximum absolute atomic E-state index is 12.0. The number of aryl methyl sites for hydroxylation is 1. The number of rotatable bonds is 4. The summed E-state index contributed by atoms with van der Waals surface area (Å²) in [5.74, 6) is -1.48. The fraction of sp³-hybridized carbons (Fsp3) is 0.154. The number of halogens is 2. The molecule has 0 spiro atoms. The largest absolute Gasteiger partial charge is 0.505 e. The number of ether oxygens (including phenoxy) is 1. The number of aromatic hydroxyl groups is 1. The van der Waals surface area contributed by atoms with E-state index in [0.717, 1.165) is 10.9 Å². The zero-order valence-corrected chi connectivity index (χ0v) is 11.3. The third-order valence-corrected chi connectivity index (χ3v) is 2.68. The van der Waals surface area contributed by atoms with Gasteiger partial charge in [0.15, 0.2) is 5.75 Å². The summed E-state index contributed by atoms with van der Waals surface area (Å²) in [6, 6.07) is 5.09. The van der Waals surface area contributed by atoms with Crippen LogP contribution in [0.4, 0.5) is 14.5 Å².